The molecule has 0 fully saturated rings. The van der Waals surface area contributed by atoms with Crippen LogP contribution < -0.4 is 0 Å². The quantitative estimate of drug-likeness (QED) is 0.0261. The van der Waals surface area contributed by atoms with Crippen molar-refractivity contribution in [1.82, 2.24) is 0 Å². The third-order valence-electron chi connectivity index (χ3n) is 16.5. The Bertz CT molecular complexity index is 1470. The van der Waals surface area contributed by atoms with Crippen molar-refractivity contribution in [2.75, 3.05) is 13.2 Å². The molecule has 6 heteroatoms. The lowest BCUT2D eigenvalue weighted by molar-refractivity contribution is -0.167. The van der Waals surface area contributed by atoms with Gasteiger partial charge in [-0.15, -0.1) is 0 Å². The maximum Gasteiger partial charge on any atom is 0.306 e. The first-order chi connectivity index (χ1) is 41.0. The topological polar surface area (TPSA) is 78.9 Å². The molecule has 0 spiro atoms. The highest BCUT2D eigenvalue weighted by Crippen LogP contribution is 2.19. The van der Waals surface area contributed by atoms with Crippen molar-refractivity contribution in [3.63, 3.8) is 0 Å². The van der Waals surface area contributed by atoms with Gasteiger partial charge in [-0.1, -0.05) is 370 Å². The molecule has 0 rings (SSSR count). The lowest BCUT2D eigenvalue weighted by Gasteiger charge is -2.18. The van der Waals surface area contributed by atoms with Crippen LogP contribution >= 0.6 is 0 Å². The molecule has 0 saturated heterocycles. The lowest BCUT2D eigenvalue weighted by Crippen LogP contribution is -2.30. The zero-order valence-corrected chi connectivity index (χ0v) is 55.7. The fourth-order valence-electron chi connectivity index (χ4n) is 11.1. The van der Waals surface area contributed by atoms with Crippen LogP contribution in [-0.2, 0) is 28.6 Å². The van der Waals surface area contributed by atoms with E-state index in [1.807, 2.05) is 0 Å². The highest BCUT2D eigenvalue weighted by atomic mass is 16.6. The molecule has 0 aromatic carbocycles. The molecule has 0 aromatic heterocycles. The van der Waals surface area contributed by atoms with E-state index in [1.165, 1.54) is 263 Å². The molecule has 0 bridgehead atoms. The van der Waals surface area contributed by atoms with Crippen LogP contribution in [0.4, 0.5) is 0 Å². The second-order valence-corrected chi connectivity index (χ2v) is 24.8. The van der Waals surface area contributed by atoms with Gasteiger partial charge in [0.1, 0.15) is 13.2 Å². The van der Waals surface area contributed by atoms with E-state index in [4.69, 9.17) is 14.2 Å². The first kappa shape index (κ1) is 80.1. The van der Waals surface area contributed by atoms with E-state index < -0.39 is 6.10 Å². The maximum absolute atomic E-state index is 12.9. The Labute approximate surface area is 517 Å². The fraction of sp³-hybridized carbons (Fsp3) is 0.831. The number of carbonyl (C=O) groups is 3. The Kier molecular flexibility index (Phi) is 69.1. The normalized spacial score (nSPS) is 12.4. The van der Waals surface area contributed by atoms with Gasteiger partial charge >= 0.3 is 17.9 Å². The van der Waals surface area contributed by atoms with Gasteiger partial charge in [-0.3, -0.25) is 14.4 Å². The average molecular weight is 1160 g/mol. The second-order valence-electron chi connectivity index (χ2n) is 24.8. The standard InChI is InChI=1S/C77H140O6/c1-4-7-10-13-16-18-20-22-24-26-28-30-32-33-34-35-36-37-38-39-40-41-42-43-45-46-48-50-52-54-56-58-61-64-67-70-76(79)82-73-74(72-81-75(78)69-66-63-60-15-12-9-6-3)83-77(80)71-68-65-62-59-57-55-53-51-49-47-44-31-29-27-25-23-21-19-17-14-11-8-5-2/h7,10,16,18,22,24,28,30,33-34,74H,4-6,8-9,11-15,17,19-21,23,25-27,29,31-32,35-73H2,1-3H3/b10-7-,18-16-,24-22-,30-28-,34-33-. The summed E-state index contributed by atoms with van der Waals surface area (Å²) in [5.41, 5.74) is 0. The van der Waals surface area contributed by atoms with Crippen molar-refractivity contribution in [2.45, 2.75) is 399 Å². The molecule has 0 saturated carbocycles. The van der Waals surface area contributed by atoms with Crippen LogP contribution in [0, 0.1) is 0 Å². The third kappa shape index (κ3) is 69.8. The minimum absolute atomic E-state index is 0.0665. The van der Waals surface area contributed by atoms with Crippen LogP contribution in [0.2, 0.25) is 0 Å². The van der Waals surface area contributed by atoms with E-state index in [0.717, 1.165) is 89.9 Å². The van der Waals surface area contributed by atoms with Crippen molar-refractivity contribution in [1.29, 1.82) is 0 Å². The van der Waals surface area contributed by atoms with Gasteiger partial charge in [-0.25, -0.2) is 0 Å². The molecule has 484 valence electrons. The molecule has 0 aliphatic rings. The monoisotopic (exact) mass is 1160 g/mol. The molecule has 1 atom stereocenters. The number of unbranched alkanes of at least 4 members (excludes halogenated alkanes) is 47. The van der Waals surface area contributed by atoms with E-state index in [1.54, 1.807) is 0 Å². The van der Waals surface area contributed by atoms with Gasteiger partial charge < -0.3 is 14.2 Å². The highest BCUT2D eigenvalue weighted by molar-refractivity contribution is 5.71. The van der Waals surface area contributed by atoms with Gasteiger partial charge in [0.15, 0.2) is 6.10 Å². The van der Waals surface area contributed by atoms with Crippen LogP contribution in [-0.4, -0.2) is 37.2 Å². The predicted octanol–water partition coefficient (Wildman–Crippen LogP) is 25.5. The number of hydrogen-bond acceptors (Lipinski definition) is 6. The van der Waals surface area contributed by atoms with Gasteiger partial charge in [-0.2, -0.15) is 0 Å². The maximum atomic E-state index is 12.9. The summed E-state index contributed by atoms with van der Waals surface area (Å²) in [6.45, 7) is 6.55. The summed E-state index contributed by atoms with van der Waals surface area (Å²) in [7, 11) is 0. The molecule has 0 heterocycles. The van der Waals surface area contributed by atoms with Crippen molar-refractivity contribution < 1.29 is 28.6 Å². The lowest BCUT2D eigenvalue weighted by atomic mass is 10.0. The molecular weight excluding hydrogens is 1020 g/mol. The Morgan fingerprint density at radius 1 is 0.253 bits per heavy atom. The molecule has 0 amide bonds. The van der Waals surface area contributed by atoms with Crippen molar-refractivity contribution in [3.05, 3.63) is 60.8 Å². The summed E-state index contributed by atoms with van der Waals surface area (Å²) in [5.74, 6) is -0.845. The van der Waals surface area contributed by atoms with Gasteiger partial charge in [0.05, 0.1) is 0 Å². The van der Waals surface area contributed by atoms with Crippen molar-refractivity contribution in [2.24, 2.45) is 0 Å². The van der Waals surface area contributed by atoms with Crippen molar-refractivity contribution >= 4 is 17.9 Å². The smallest absolute Gasteiger partial charge is 0.306 e. The molecule has 1 unspecified atom stereocenters. The third-order valence-corrected chi connectivity index (χ3v) is 16.5. The molecule has 0 radical (unpaired) electrons. The zero-order chi connectivity index (χ0) is 59.9. The Morgan fingerprint density at radius 3 is 0.735 bits per heavy atom. The number of allylic oxidation sites excluding steroid dienone is 10. The summed E-state index contributed by atoms with van der Waals surface area (Å²) in [6.07, 6.45) is 93.0. The molecule has 6 nitrogen and oxygen atoms in total. The highest BCUT2D eigenvalue weighted by Gasteiger charge is 2.19. The summed E-state index contributed by atoms with van der Waals surface area (Å²) < 4.78 is 16.9. The van der Waals surface area contributed by atoms with Crippen LogP contribution in [0.15, 0.2) is 60.8 Å². The second kappa shape index (κ2) is 71.6. The van der Waals surface area contributed by atoms with E-state index in [0.29, 0.717) is 19.3 Å². The number of hydrogen-bond donors (Lipinski definition) is 0. The fourth-order valence-corrected chi connectivity index (χ4v) is 11.1. The van der Waals surface area contributed by atoms with E-state index >= 15 is 0 Å². The summed E-state index contributed by atoms with van der Waals surface area (Å²) in [4.78, 5) is 38.2. The first-order valence-corrected chi connectivity index (χ1v) is 36.8. The van der Waals surface area contributed by atoms with Crippen LogP contribution in [0.3, 0.4) is 0 Å². The van der Waals surface area contributed by atoms with E-state index in [9.17, 15) is 14.4 Å². The summed E-state index contributed by atoms with van der Waals surface area (Å²) in [6, 6.07) is 0. The minimum atomic E-state index is -0.767. The van der Waals surface area contributed by atoms with Gasteiger partial charge in [-0.05, 0) is 64.2 Å². The van der Waals surface area contributed by atoms with Crippen LogP contribution in [0.5, 0.6) is 0 Å². The van der Waals surface area contributed by atoms with Crippen LogP contribution in [0.25, 0.3) is 0 Å². The largest absolute Gasteiger partial charge is 0.462 e. The number of carbonyl (C=O) groups excluding carboxylic acids is 3. The zero-order valence-electron chi connectivity index (χ0n) is 55.7. The summed E-state index contributed by atoms with van der Waals surface area (Å²) in [5, 5.41) is 0. The summed E-state index contributed by atoms with van der Waals surface area (Å²) >= 11 is 0. The van der Waals surface area contributed by atoms with Crippen LogP contribution in [0.1, 0.15) is 393 Å². The van der Waals surface area contributed by atoms with E-state index in [-0.39, 0.29) is 31.1 Å². The first-order valence-electron chi connectivity index (χ1n) is 36.8. The molecule has 0 aliphatic carbocycles. The SMILES string of the molecule is CC/C=C\C/C=C\C/C=C\C/C=C\C/C=C\CCCCCCCCCCCCCCCCCCCCCC(=O)OCC(COC(=O)CCCCCCCCC)OC(=O)CCCCCCCCCCCCCCCCCCCCCCCCC. The molecule has 0 aromatic rings. The Balaban J connectivity index is 3.97. The molecule has 0 N–H and O–H groups in total. The van der Waals surface area contributed by atoms with Crippen molar-refractivity contribution in [3.8, 4) is 0 Å². The van der Waals surface area contributed by atoms with Gasteiger partial charge in [0.2, 0.25) is 0 Å². The number of ether oxygens (including phenoxy) is 3. The number of rotatable bonds is 68. The number of esters is 3. The van der Waals surface area contributed by atoms with E-state index in [2.05, 4.69) is 81.5 Å². The molecule has 0 aliphatic heterocycles. The average Bonchev–Trinajstić information content (AvgIpc) is 3.49. The minimum Gasteiger partial charge on any atom is -0.462 e. The van der Waals surface area contributed by atoms with Gasteiger partial charge in [0.25, 0.3) is 0 Å². The Morgan fingerprint density at radius 2 is 0.470 bits per heavy atom. The predicted molar refractivity (Wildman–Crippen MR) is 362 cm³/mol. The molecule has 83 heavy (non-hydrogen) atoms. The van der Waals surface area contributed by atoms with Gasteiger partial charge in [0, 0.05) is 19.3 Å². The Hall–Kier alpha value is -2.89. The molecular formula is C77H140O6.